The molecule has 2 aromatic rings. The molecule has 0 radical (unpaired) electrons. The number of aliphatic imine (C=N–C) groups is 1. The van der Waals surface area contributed by atoms with E-state index in [1.54, 1.807) is 18.2 Å². The monoisotopic (exact) mass is 456 g/mol. The number of benzene rings is 2. The molecule has 5 nitrogen and oxygen atoms in total. The van der Waals surface area contributed by atoms with Gasteiger partial charge in [-0.15, -0.1) is 0 Å². The van der Waals surface area contributed by atoms with E-state index in [0.717, 1.165) is 11.4 Å². The van der Waals surface area contributed by atoms with Gasteiger partial charge in [0, 0.05) is 12.5 Å². The highest BCUT2D eigenvalue weighted by molar-refractivity contribution is 7.89. The molecule has 0 aromatic heterocycles. The van der Waals surface area contributed by atoms with Crippen molar-refractivity contribution in [2.75, 3.05) is 6.26 Å². The van der Waals surface area contributed by atoms with Gasteiger partial charge in [-0.2, -0.15) is 0 Å². The number of hydrogen-bond acceptors (Lipinski definition) is 5. The minimum Gasteiger partial charge on any atom is -0.457 e. The van der Waals surface area contributed by atoms with Crippen LogP contribution in [0.4, 0.5) is 0 Å². The summed E-state index contributed by atoms with van der Waals surface area (Å²) < 4.78 is 29.3. The van der Waals surface area contributed by atoms with Crippen molar-refractivity contribution in [3.8, 4) is 11.5 Å². The lowest BCUT2D eigenvalue weighted by molar-refractivity contribution is 0.333. The number of allylic oxidation sites excluding steroid dienone is 2. The smallest absolute Gasteiger partial charge is 0.151 e. The average molecular weight is 457 g/mol. The Morgan fingerprint density at radius 2 is 1.84 bits per heavy atom. The molecule has 31 heavy (non-hydrogen) atoms. The number of hydrogen-bond donors (Lipinski definition) is 0. The molecule has 0 bridgehead atoms. The Morgan fingerprint density at radius 1 is 1.13 bits per heavy atom. The summed E-state index contributed by atoms with van der Waals surface area (Å²) >= 11 is 6.41. The molecule has 0 fully saturated rings. The summed E-state index contributed by atoms with van der Waals surface area (Å²) in [6.45, 7) is 4.32. The van der Waals surface area contributed by atoms with Crippen LogP contribution >= 0.6 is 11.6 Å². The van der Waals surface area contributed by atoms with Crippen molar-refractivity contribution in [3.63, 3.8) is 0 Å². The second kappa shape index (κ2) is 8.52. The van der Waals surface area contributed by atoms with Crippen molar-refractivity contribution >= 4 is 27.3 Å². The molecule has 2 aliphatic rings. The van der Waals surface area contributed by atoms with Crippen LogP contribution in [0.5, 0.6) is 11.5 Å². The fourth-order valence-electron chi connectivity index (χ4n) is 3.99. The zero-order valence-corrected chi connectivity index (χ0v) is 19.3. The van der Waals surface area contributed by atoms with E-state index in [1.807, 2.05) is 42.6 Å². The number of nitrogens with zero attached hydrogens (tertiary/aromatic N) is 2. The first kappa shape index (κ1) is 21.7. The molecule has 0 aliphatic carbocycles. The predicted octanol–water partition coefficient (Wildman–Crippen LogP) is 5.45. The minimum atomic E-state index is -3.11. The molecular weight excluding hydrogens is 432 g/mol. The third-order valence-corrected chi connectivity index (χ3v) is 6.44. The van der Waals surface area contributed by atoms with Gasteiger partial charge in [-0.25, -0.2) is 8.42 Å². The number of halogens is 1. The van der Waals surface area contributed by atoms with E-state index in [9.17, 15) is 8.42 Å². The van der Waals surface area contributed by atoms with Gasteiger partial charge in [-0.3, -0.25) is 4.99 Å². The van der Waals surface area contributed by atoms with Crippen molar-refractivity contribution in [2.45, 2.75) is 31.7 Å². The van der Waals surface area contributed by atoms with Gasteiger partial charge in [0.2, 0.25) is 0 Å². The van der Waals surface area contributed by atoms with E-state index >= 15 is 0 Å². The second-order valence-corrected chi connectivity index (χ2v) is 10.8. The topological polar surface area (TPSA) is 59.0 Å². The maximum absolute atomic E-state index is 11.6. The normalized spacial score (nSPS) is 20.5. The SMILES string of the molecule is CC(C)C1N=C2C(Cl)=CC=CN2C1c1cccc(Oc2cccc(CS(C)(=O)=O)c2)c1. The summed E-state index contributed by atoms with van der Waals surface area (Å²) in [5.41, 5.74) is 1.78. The average Bonchev–Trinajstić information content (AvgIpc) is 3.08. The van der Waals surface area contributed by atoms with Gasteiger partial charge >= 0.3 is 0 Å². The van der Waals surface area contributed by atoms with Crippen LogP contribution in [0.1, 0.15) is 31.0 Å². The first-order valence-electron chi connectivity index (χ1n) is 10.2. The predicted molar refractivity (Wildman–Crippen MR) is 125 cm³/mol. The van der Waals surface area contributed by atoms with E-state index in [2.05, 4.69) is 24.8 Å². The number of amidine groups is 1. The molecule has 2 unspecified atom stereocenters. The molecule has 2 atom stereocenters. The minimum absolute atomic E-state index is 0.0158. The van der Waals surface area contributed by atoms with Crippen molar-refractivity contribution in [1.82, 2.24) is 4.90 Å². The molecule has 4 rings (SSSR count). The molecule has 0 amide bonds. The Labute approximate surface area is 188 Å². The molecule has 0 saturated carbocycles. The van der Waals surface area contributed by atoms with Gasteiger partial charge in [0.25, 0.3) is 0 Å². The zero-order valence-electron chi connectivity index (χ0n) is 17.7. The van der Waals surface area contributed by atoms with Crippen LogP contribution in [0.25, 0.3) is 0 Å². The Balaban J connectivity index is 1.61. The zero-order chi connectivity index (χ0) is 22.2. The maximum atomic E-state index is 11.6. The molecule has 2 aliphatic heterocycles. The lowest BCUT2D eigenvalue weighted by Crippen LogP contribution is -2.31. The van der Waals surface area contributed by atoms with E-state index in [0.29, 0.717) is 28.0 Å². The van der Waals surface area contributed by atoms with Crippen LogP contribution in [0.15, 0.2) is 76.9 Å². The van der Waals surface area contributed by atoms with Crippen LogP contribution in [0.3, 0.4) is 0 Å². The van der Waals surface area contributed by atoms with E-state index < -0.39 is 9.84 Å². The molecule has 162 valence electrons. The standard InChI is InChI=1S/C24H25ClN2O3S/c1-16(2)22-23(27-12-6-11-21(25)24(27)26-22)18-8-5-10-20(14-18)30-19-9-4-7-17(13-19)15-31(3,28)29/h4-14,16,22-23H,15H2,1-3H3. The third kappa shape index (κ3) is 4.86. The van der Waals surface area contributed by atoms with Crippen LogP contribution < -0.4 is 4.74 Å². The first-order valence-corrected chi connectivity index (χ1v) is 12.6. The molecule has 2 aromatic carbocycles. The molecular formula is C24H25ClN2O3S. The number of fused-ring (bicyclic) bond motifs is 1. The van der Waals surface area contributed by atoms with Crippen LogP contribution in [0.2, 0.25) is 0 Å². The van der Waals surface area contributed by atoms with E-state index in [1.165, 1.54) is 6.26 Å². The fraction of sp³-hybridized carbons (Fsp3) is 0.292. The molecule has 2 heterocycles. The molecule has 0 spiro atoms. The van der Waals surface area contributed by atoms with Crippen molar-refractivity contribution in [2.24, 2.45) is 10.9 Å². The van der Waals surface area contributed by atoms with Crippen molar-refractivity contribution in [1.29, 1.82) is 0 Å². The molecule has 0 N–H and O–H groups in total. The highest BCUT2D eigenvalue weighted by atomic mass is 35.5. The Morgan fingerprint density at radius 3 is 2.55 bits per heavy atom. The highest BCUT2D eigenvalue weighted by Crippen LogP contribution is 2.40. The van der Waals surface area contributed by atoms with Gasteiger partial charge < -0.3 is 9.64 Å². The Kier molecular flexibility index (Phi) is 5.95. The largest absolute Gasteiger partial charge is 0.457 e. The summed E-state index contributed by atoms with van der Waals surface area (Å²) in [6.07, 6.45) is 7.04. The quantitative estimate of drug-likeness (QED) is 0.579. The molecule has 0 saturated heterocycles. The Bertz CT molecular complexity index is 1180. The first-order chi connectivity index (χ1) is 14.7. The van der Waals surface area contributed by atoms with Gasteiger partial charge in [0.1, 0.15) is 17.3 Å². The van der Waals surface area contributed by atoms with Crippen LogP contribution in [-0.2, 0) is 15.6 Å². The summed E-state index contributed by atoms with van der Waals surface area (Å²) in [5.74, 6) is 2.40. The van der Waals surface area contributed by atoms with Gasteiger partial charge in [-0.1, -0.05) is 49.7 Å². The number of sulfone groups is 1. The van der Waals surface area contributed by atoms with Gasteiger partial charge in [0.05, 0.1) is 22.9 Å². The number of ether oxygens (including phenoxy) is 1. The lowest BCUT2D eigenvalue weighted by Gasteiger charge is -2.30. The number of rotatable bonds is 6. The summed E-state index contributed by atoms with van der Waals surface area (Å²) in [5, 5.41) is 0.644. The highest BCUT2D eigenvalue weighted by Gasteiger charge is 2.39. The Hall–Kier alpha value is -2.57. The van der Waals surface area contributed by atoms with E-state index in [4.69, 9.17) is 21.3 Å². The summed E-state index contributed by atoms with van der Waals surface area (Å²) in [4.78, 5) is 7.02. The van der Waals surface area contributed by atoms with Gasteiger partial charge in [0.15, 0.2) is 9.84 Å². The maximum Gasteiger partial charge on any atom is 0.151 e. The lowest BCUT2D eigenvalue weighted by atomic mass is 9.91. The van der Waals surface area contributed by atoms with Crippen LogP contribution in [-0.4, -0.2) is 31.5 Å². The second-order valence-electron chi connectivity index (χ2n) is 8.29. The van der Waals surface area contributed by atoms with Crippen LogP contribution in [0, 0.1) is 5.92 Å². The van der Waals surface area contributed by atoms with Gasteiger partial charge in [-0.05, 0) is 53.5 Å². The van der Waals surface area contributed by atoms with E-state index in [-0.39, 0.29) is 17.8 Å². The third-order valence-electron chi connectivity index (χ3n) is 5.29. The summed E-state index contributed by atoms with van der Waals surface area (Å²) in [7, 11) is -3.11. The van der Waals surface area contributed by atoms with Crippen molar-refractivity contribution < 1.29 is 13.2 Å². The van der Waals surface area contributed by atoms with Crippen molar-refractivity contribution in [3.05, 3.63) is 83.0 Å². The summed E-state index contributed by atoms with van der Waals surface area (Å²) in [6, 6.07) is 15.2. The molecule has 7 heteroatoms. The fourth-order valence-corrected chi connectivity index (χ4v) is 4.99.